The fourth-order valence-corrected chi connectivity index (χ4v) is 4.99. The molecule has 5 nitrogen and oxygen atoms in total. The van der Waals surface area contributed by atoms with Gasteiger partial charge in [0.1, 0.15) is 6.04 Å². The molecule has 0 aliphatic carbocycles. The van der Waals surface area contributed by atoms with Crippen LogP contribution in [0.5, 0.6) is 0 Å². The van der Waals surface area contributed by atoms with Crippen LogP contribution < -0.4 is 5.32 Å². The largest absolute Gasteiger partial charge is 0.351 e. The van der Waals surface area contributed by atoms with Crippen LogP contribution in [-0.4, -0.2) is 31.2 Å². The number of carbonyl (C=O) groups excluding carboxylic acids is 1. The number of piperidine rings is 1. The molecule has 0 bridgehead atoms. The molecule has 1 aliphatic heterocycles. The van der Waals surface area contributed by atoms with Crippen LogP contribution in [-0.2, 0) is 21.4 Å². The standard InChI is InChI=1S/C20H23ClN2O3S/c1-15-5-7-16(8-6-15)14-22-20(24)19-4-2-3-13-23(19)27(25,26)18-11-9-17(21)10-12-18/h5-12,19H,2-4,13-14H2,1H3,(H,22,24)/t19-/m1/s1. The summed E-state index contributed by atoms with van der Waals surface area (Å²) in [5, 5.41) is 3.36. The molecule has 0 radical (unpaired) electrons. The average Bonchev–Trinajstić information content (AvgIpc) is 2.67. The molecule has 1 fully saturated rings. The lowest BCUT2D eigenvalue weighted by atomic mass is 10.0. The quantitative estimate of drug-likeness (QED) is 0.826. The number of sulfonamides is 1. The van der Waals surface area contributed by atoms with E-state index >= 15 is 0 Å². The molecule has 144 valence electrons. The fourth-order valence-electron chi connectivity index (χ4n) is 3.21. The third-order valence-corrected chi connectivity index (χ3v) is 6.94. The Hall–Kier alpha value is -1.89. The van der Waals surface area contributed by atoms with Crippen LogP contribution in [0, 0.1) is 6.92 Å². The maximum atomic E-state index is 13.0. The molecule has 3 rings (SSSR count). The van der Waals surface area contributed by atoms with Gasteiger partial charge < -0.3 is 5.32 Å². The van der Waals surface area contributed by atoms with E-state index in [-0.39, 0.29) is 10.8 Å². The first kappa shape index (κ1) is 19.9. The number of hydrogen-bond donors (Lipinski definition) is 1. The Morgan fingerprint density at radius 1 is 1.11 bits per heavy atom. The van der Waals surface area contributed by atoms with Crippen LogP contribution in [0.3, 0.4) is 0 Å². The molecule has 1 aliphatic rings. The molecule has 1 N–H and O–H groups in total. The molecule has 0 saturated carbocycles. The third-order valence-electron chi connectivity index (χ3n) is 4.76. The van der Waals surface area contributed by atoms with Gasteiger partial charge in [0, 0.05) is 18.1 Å². The summed E-state index contributed by atoms with van der Waals surface area (Å²) in [6.07, 6.45) is 2.09. The molecule has 0 spiro atoms. The predicted molar refractivity (Wildman–Crippen MR) is 106 cm³/mol. The van der Waals surface area contributed by atoms with Crippen LogP contribution in [0.1, 0.15) is 30.4 Å². The topological polar surface area (TPSA) is 66.5 Å². The van der Waals surface area contributed by atoms with Gasteiger partial charge in [-0.15, -0.1) is 0 Å². The molecule has 2 aromatic carbocycles. The molecule has 0 unspecified atom stereocenters. The molecular weight excluding hydrogens is 384 g/mol. The van der Waals surface area contributed by atoms with E-state index in [9.17, 15) is 13.2 Å². The summed E-state index contributed by atoms with van der Waals surface area (Å²) >= 11 is 5.86. The molecule has 1 amide bonds. The number of benzene rings is 2. The van der Waals surface area contributed by atoms with E-state index < -0.39 is 16.1 Å². The van der Waals surface area contributed by atoms with Gasteiger partial charge in [0.05, 0.1) is 4.90 Å². The van der Waals surface area contributed by atoms with Crippen molar-refractivity contribution >= 4 is 27.5 Å². The van der Waals surface area contributed by atoms with Crippen molar-refractivity contribution in [1.29, 1.82) is 0 Å². The number of rotatable bonds is 5. The van der Waals surface area contributed by atoms with E-state index in [2.05, 4.69) is 5.32 Å². The van der Waals surface area contributed by atoms with Crippen LogP contribution in [0.25, 0.3) is 0 Å². The number of nitrogens with zero attached hydrogens (tertiary/aromatic N) is 1. The van der Waals surface area contributed by atoms with Crippen LogP contribution in [0.2, 0.25) is 5.02 Å². The second-order valence-corrected chi connectivity index (χ2v) is 9.11. The lowest BCUT2D eigenvalue weighted by molar-refractivity contribution is -0.125. The number of nitrogens with one attached hydrogen (secondary N) is 1. The van der Waals surface area contributed by atoms with E-state index in [1.807, 2.05) is 31.2 Å². The average molecular weight is 407 g/mol. The van der Waals surface area contributed by atoms with E-state index in [0.717, 1.165) is 24.0 Å². The molecule has 27 heavy (non-hydrogen) atoms. The van der Waals surface area contributed by atoms with Crippen LogP contribution >= 0.6 is 11.6 Å². The number of carbonyl (C=O) groups is 1. The monoisotopic (exact) mass is 406 g/mol. The van der Waals surface area contributed by atoms with Gasteiger partial charge in [-0.3, -0.25) is 4.79 Å². The summed E-state index contributed by atoms with van der Waals surface area (Å²) in [7, 11) is -3.75. The Kier molecular flexibility index (Phi) is 6.19. The second-order valence-electron chi connectivity index (χ2n) is 6.78. The van der Waals surface area contributed by atoms with Gasteiger partial charge in [-0.1, -0.05) is 47.9 Å². The van der Waals surface area contributed by atoms with Crippen molar-refractivity contribution in [2.45, 2.75) is 43.7 Å². The Balaban J connectivity index is 1.75. The highest BCUT2D eigenvalue weighted by atomic mass is 35.5. The van der Waals surface area contributed by atoms with Crippen molar-refractivity contribution in [3.05, 3.63) is 64.7 Å². The summed E-state index contributed by atoms with van der Waals surface area (Å²) in [6, 6.07) is 13.2. The van der Waals surface area contributed by atoms with Gasteiger partial charge in [-0.2, -0.15) is 4.31 Å². The minimum absolute atomic E-state index is 0.158. The highest BCUT2D eigenvalue weighted by molar-refractivity contribution is 7.89. The lowest BCUT2D eigenvalue weighted by Crippen LogP contribution is -2.51. The first-order valence-electron chi connectivity index (χ1n) is 8.98. The first-order chi connectivity index (χ1) is 12.9. The SMILES string of the molecule is Cc1ccc(CNC(=O)[C@H]2CCCCN2S(=O)(=O)c2ccc(Cl)cc2)cc1. The highest BCUT2D eigenvalue weighted by Crippen LogP contribution is 2.26. The number of halogens is 1. The molecule has 0 aromatic heterocycles. The molecule has 7 heteroatoms. The van der Waals surface area contributed by atoms with Gasteiger partial charge in [-0.25, -0.2) is 8.42 Å². The molecule has 2 aromatic rings. The second kappa shape index (κ2) is 8.42. The molecule has 1 saturated heterocycles. The molecule has 1 heterocycles. The smallest absolute Gasteiger partial charge is 0.243 e. The van der Waals surface area contributed by atoms with Gasteiger partial charge in [0.2, 0.25) is 15.9 Å². The number of hydrogen-bond acceptors (Lipinski definition) is 3. The maximum Gasteiger partial charge on any atom is 0.243 e. The Bertz CT molecular complexity index is 896. The Morgan fingerprint density at radius 2 is 1.78 bits per heavy atom. The van der Waals surface area contributed by atoms with Crippen molar-refractivity contribution in [3.63, 3.8) is 0 Å². The highest BCUT2D eigenvalue weighted by Gasteiger charge is 2.37. The third kappa shape index (κ3) is 4.69. The van der Waals surface area contributed by atoms with Gasteiger partial charge in [0.25, 0.3) is 0 Å². The van der Waals surface area contributed by atoms with E-state index in [1.54, 1.807) is 12.1 Å². The molecule has 1 atom stereocenters. The van der Waals surface area contributed by atoms with Crippen molar-refractivity contribution in [2.75, 3.05) is 6.54 Å². The lowest BCUT2D eigenvalue weighted by Gasteiger charge is -2.33. The zero-order chi connectivity index (χ0) is 19.4. The summed E-state index contributed by atoms with van der Waals surface area (Å²) in [6.45, 7) is 2.72. The molecular formula is C20H23ClN2O3S. The fraction of sp³-hybridized carbons (Fsp3) is 0.350. The summed E-state index contributed by atoms with van der Waals surface area (Å²) in [5.41, 5.74) is 2.13. The van der Waals surface area contributed by atoms with Crippen molar-refractivity contribution in [1.82, 2.24) is 9.62 Å². The minimum Gasteiger partial charge on any atom is -0.351 e. The normalized spacial score (nSPS) is 18.2. The Labute approximate surface area is 165 Å². The minimum atomic E-state index is -3.75. The summed E-state index contributed by atoms with van der Waals surface area (Å²) < 4.78 is 27.4. The van der Waals surface area contributed by atoms with Crippen molar-refractivity contribution < 1.29 is 13.2 Å². The van der Waals surface area contributed by atoms with Crippen LogP contribution in [0.4, 0.5) is 0 Å². The van der Waals surface area contributed by atoms with Crippen molar-refractivity contribution in [3.8, 4) is 0 Å². The van der Waals surface area contributed by atoms with Gasteiger partial charge in [0.15, 0.2) is 0 Å². The number of aryl methyl sites for hydroxylation is 1. The Morgan fingerprint density at radius 3 is 2.44 bits per heavy atom. The first-order valence-corrected chi connectivity index (χ1v) is 10.8. The van der Waals surface area contributed by atoms with E-state index in [0.29, 0.717) is 24.5 Å². The predicted octanol–water partition coefficient (Wildman–Crippen LogP) is 3.51. The summed E-state index contributed by atoms with van der Waals surface area (Å²) in [5.74, 6) is -0.257. The van der Waals surface area contributed by atoms with E-state index in [1.165, 1.54) is 16.4 Å². The maximum absolute atomic E-state index is 13.0. The van der Waals surface area contributed by atoms with Crippen LogP contribution in [0.15, 0.2) is 53.4 Å². The van der Waals surface area contributed by atoms with Gasteiger partial charge >= 0.3 is 0 Å². The van der Waals surface area contributed by atoms with E-state index in [4.69, 9.17) is 11.6 Å². The summed E-state index contributed by atoms with van der Waals surface area (Å²) in [4.78, 5) is 12.9. The van der Waals surface area contributed by atoms with Gasteiger partial charge in [-0.05, 0) is 49.6 Å². The zero-order valence-electron chi connectivity index (χ0n) is 15.2. The van der Waals surface area contributed by atoms with Crippen molar-refractivity contribution in [2.24, 2.45) is 0 Å². The number of amides is 1. The zero-order valence-corrected chi connectivity index (χ0v) is 16.8.